The third-order valence-electron chi connectivity index (χ3n) is 2.06. The van der Waals surface area contributed by atoms with Gasteiger partial charge in [0.2, 0.25) is 0 Å². The van der Waals surface area contributed by atoms with Crippen molar-refractivity contribution in [1.82, 2.24) is 5.32 Å². The molecular formula is C11H25NO3. The van der Waals surface area contributed by atoms with Crippen LogP contribution in [0.5, 0.6) is 0 Å². The first kappa shape index (κ1) is 14.8. The van der Waals surface area contributed by atoms with Gasteiger partial charge in [-0.3, -0.25) is 0 Å². The summed E-state index contributed by atoms with van der Waals surface area (Å²) < 4.78 is 10.3. The molecule has 0 aliphatic carbocycles. The molecule has 0 aromatic heterocycles. The van der Waals surface area contributed by atoms with E-state index in [1.54, 1.807) is 7.11 Å². The van der Waals surface area contributed by atoms with Gasteiger partial charge in [0.05, 0.1) is 25.4 Å². The minimum absolute atomic E-state index is 0.0419. The second kappa shape index (κ2) is 10.4. The zero-order valence-electron chi connectivity index (χ0n) is 10.2. The highest BCUT2D eigenvalue weighted by Gasteiger charge is 2.07. The Labute approximate surface area is 93.0 Å². The largest absolute Gasteiger partial charge is 0.389 e. The van der Waals surface area contributed by atoms with Gasteiger partial charge in [-0.15, -0.1) is 0 Å². The molecule has 4 nitrogen and oxygen atoms in total. The van der Waals surface area contributed by atoms with E-state index in [0.29, 0.717) is 19.8 Å². The summed E-state index contributed by atoms with van der Waals surface area (Å²) in [5.41, 5.74) is 0. The van der Waals surface area contributed by atoms with Crippen LogP contribution in [-0.2, 0) is 9.47 Å². The number of aliphatic hydroxyl groups is 1. The topological polar surface area (TPSA) is 50.7 Å². The molecule has 0 spiro atoms. The molecule has 0 fully saturated rings. The molecule has 0 rings (SSSR count). The molecule has 4 heteroatoms. The summed E-state index contributed by atoms with van der Waals surface area (Å²) in [4.78, 5) is 0. The van der Waals surface area contributed by atoms with Gasteiger partial charge in [-0.05, 0) is 19.9 Å². The molecule has 0 saturated heterocycles. The van der Waals surface area contributed by atoms with Gasteiger partial charge in [-0.1, -0.05) is 13.3 Å². The predicted molar refractivity (Wildman–Crippen MR) is 61.1 cm³/mol. The molecule has 0 radical (unpaired) electrons. The molecule has 2 unspecified atom stereocenters. The van der Waals surface area contributed by atoms with Crippen LogP contribution in [0.3, 0.4) is 0 Å². The van der Waals surface area contributed by atoms with Gasteiger partial charge < -0.3 is 19.9 Å². The van der Waals surface area contributed by atoms with E-state index in [2.05, 4.69) is 12.2 Å². The molecule has 0 saturated carbocycles. The Balaban J connectivity index is 3.28. The quantitative estimate of drug-likeness (QED) is 0.533. The van der Waals surface area contributed by atoms with Crippen LogP contribution in [0.1, 0.15) is 26.7 Å². The smallest absolute Gasteiger partial charge is 0.0897 e. The fourth-order valence-corrected chi connectivity index (χ4v) is 1.19. The minimum atomic E-state index is -0.429. The van der Waals surface area contributed by atoms with Gasteiger partial charge in [0.25, 0.3) is 0 Å². The minimum Gasteiger partial charge on any atom is -0.389 e. The fraction of sp³-hybridized carbons (Fsp3) is 1.00. The normalized spacial score (nSPS) is 15.2. The van der Waals surface area contributed by atoms with Crippen molar-refractivity contribution in [2.24, 2.45) is 0 Å². The maximum absolute atomic E-state index is 9.54. The third kappa shape index (κ3) is 10.1. The third-order valence-corrected chi connectivity index (χ3v) is 2.06. The SMILES string of the molecule is CCCCNCC(O)COC(C)COC. The fourth-order valence-electron chi connectivity index (χ4n) is 1.19. The highest BCUT2D eigenvalue weighted by molar-refractivity contribution is 4.59. The number of aliphatic hydroxyl groups excluding tert-OH is 1. The van der Waals surface area contributed by atoms with E-state index in [0.717, 1.165) is 13.0 Å². The first-order valence-electron chi connectivity index (χ1n) is 5.70. The summed E-state index contributed by atoms with van der Waals surface area (Å²) in [6.07, 6.45) is 1.93. The van der Waals surface area contributed by atoms with E-state index in [9.17, 15) is 5.11 Å². The molecule has 0 aromatic carbocycles. The van der Waals surface area contributed by atoms with E-state index in [1.807, 2.05) is 6.92 Å². The Morgan fingerprint density at radius 1 is 1.33 bits per heavy atom. The van der Waals surface area contributed by atoms with E-state index in [1.165, 1.54) is 6.42 Å². The van der Waals surface area contributed by atoms with Gasteiger partial charge in [0.15, 0.2) is 0 Å². The number of unbranched alkanes of at least 4 members (excludes halogenated alkanes) is 1. The summed E-state index contributed by atoms with van der Waals surface area (Å²) in [6.45, 7) is 6.56. The standard InChI is InChI=1S/C11H25NO3/c1-4-5-6-12-7-11(13)9-15-10(2)8-14-3/h10-13H,4-9H2,1-3H3. The average molecular weight is 219 g/mol. The molecule has 92 valence electrons. The van der Waals surface area contributed by atoms with E-state index in [4.69, 9.17) is 9.47 Å². The molecule has 2 N–H and O–H groups in total. The maximum atomic E-state index is 9.54. The van der Waals surface area contributed by atoms with Crippen LogP contribution >= 0.6 is 0 Å². The van der Waals surface area contributed by atoms with Crippen molar-refractivity contribution in [3.8, 4) is 0 Å². The Hall–Kier alpha value is -0.160. The van der Waals surface area contributed by atoms with E-state index in [-0.39, 0.29) is 6.10 Å². The van der Waals surface area contributed by atoms with Crippen molar-refractivity contribution in [3.05, 3.63) is 0 Å². The molecule has 0 aliphatic heterocycles. The summed E-state index contributed by atoms with van der Waals surface area (Å²) >= 11 is 0. The number of methoxy groups -OCH3 is 1. The zero-order chi connectivity index (χ0) is 11.5. The summed E-state index contributed by atoms with van der Waals surface area (Å²) in [5.74, 6) is 0. The van der Waals surface area contributed by atoms with Crippen LogP contribution in [0, 0.1) is 0 Å². The first-order chi connectivity index (χ1) is 7.20. The lowest BCUT2D eigenvalue weighted by molar-refractivity contribution is -0.0310. The van der Waals surface area contributed by atoms with E-state index >= 15 is 0 Å². The number of hydrogen-bond donors (Lipinski definition) is 2. The monoisotopic (exact) mass is 219 g/mol. The Morgan fingerprint density at radius 2 is 2.07 bits per heavy atom. The van der Waals surface area contributed by atoms with Gasteiger partial charge in [0.1, 0.15) is 0 Å². The van der Waals surface area contributed by atoms with Crippen LogP contribution in [0.15, 0.2) is 0 Å². The molecule has 2 atom stereocenters. The Bertz CT molecular complexity index is 133. The summed E-state index contributed by atoms with van der Waals surface area (Å²) in [5, 5.41) is 12.7. The predicted octanol–water partition coefficient (Wildman–Crippen LogP) is 0.788. The van der Waals surface area contributed by atoms with Crippen molar-refractivity contribution in [2.75, 3.05) is 33.4 Å². The van der Waals surface area contributed by atoms with Crippen LogP contribution in [0.25, 0.3) is 0 Å². The van der Waals surface area contributed by atoms with Crippen LogP contribution < -0.4 is 5.32 Å². The second-order valence-corrected chi connectivity index (χ2v) is 3.81. The second-order valence-electron chi connectivity index (χ2n) is 3.81. The Morgan fingerprint density at radius 3 is 2.67 bits per heavy atom. The van der Waals surface area contributed by atoms with Crippen molar-refractivity contribution in [3.63, 3.8) is 0 Å². The Kier molecular flexibility index (Phi) is 10.3. The van der Waals surface area contributed by atoms with Gasteiger partial charge in [-0.2, -0.15) is 0 Å². The highest BCUT2D eigenvalue weighted by Crippen LogP contribution is 1.93. The van der Waals surface area contributed by atoms with Gasteiger partial charge in [0, 0.05) is 13.7 Å². The maximum Gasteiger partial charge on any atom is 0.0897 e. The lowest BCUT2D eigenvalue weighted by atomic mass is 10.3. The summed E-state index contributed by atoms with van der Waals surface area (Å²) in [7, 11) is 1.64. The van der Waals surface area contributed by atoms with Crippen molar-refractivity contribution in [2.45, 2.75) is 38.9 Å². The lowest BCUT2D eigenvalue weighted by Crippen LogP contribution is -2.32. The van der Waals surface area contributed by atoms with E-state index < -0.39 is 6.10 Å². The highest BCUT2D eigenvalue weighted by atomic mass is 16.5. The summed E-state index contributed by atoms with van der Waals surface area (Å²) in [6, 6.07) is 0. The molecule has 0 aliphatic rings. The molecule has 0 amide bonds. The molecule has 0 heterocycles. The number of rotatable bonds is 10. The zero-order valence-corrected chi connectivity index (χ0v) is 10.2. The molecule has 0 bridgehead atoms. The average Bonchev–Trinajstić information content (AvgIpc) is 2.22. The molecular weight excluding hydrogens is 194 g/mol. The van der Waals surface area contributed by atoms with Crippen LogP contribution in [0.4, 0.5) is 0 Å². The van der Waals surface area contributed by atoms with Gasteiger partial charge >= 0.3 is 0 Å². The van der Waals surface area contributed by atoms with Crippen molar-refractivity contribution < 1.29 is 14.6 Å². The van der Waals surface area contributed by atoms with Gasteiger partial charge in [-0.25, -0.2) is 0 Å². The lowest BCUT2D eigenvalue weighted by Gasteiger charge is -2.16. The first-order valence-corrected chi connectivity index (χ1v) is 5.70. The molecule has 15 heavy (non-hydrogen) atoms. The van der Waals surface area contributed by atoms with Crippen molar-refractivity contribution >= 4 is 0 Å². The molecule has 0 aromatic rings. The number of nitrogens with one attached hydrogen (secondary N) is 1. The van der Waals surface area contributed by atoms with Crippen molar-refractivity contribution in [1.29, 1.82) is 0 Å². The number of ether oxygens (including phenoxy) is 2. The number of hydrogen-bond acceptors (Lipinski definition) is 4. The van der Waals surface area contributed by atoms with Crippen LogP contribution in [0.2, 0.25) is 0 Å². The van der Waals surface area contributed by atoms with Crippen LogP contribution in [-0.4, -0.2) is 50.7 Å².